The zero-order chi connectivity index (χ0) is 25.4. The number of benzene rings is 2. The van der Waals surface area contributed by atoms with Crippen LogP contribution in [0.4, 0.5) is 16.4 Å². The molecule has 2 aromatic carbocycles. The van der Waals surface area contributed by atoms with E-state index >= 15 is 0 Å². The number of carbonyl (C=O) groups is 4. The lowest BCUT2D eigenvalue weighted by molar-refractivity contribution is -0.114. The summed E-state index contributed by atoms with van der Waals surface area (Å²) in [6, 6.07) is 16.1. The highest BCUT2D eigenvalue weighted by atomic mass is 32.2. The summed E-state index contributed by atoms with van der Waals surface area (Å²) in [7, 11) is 0. The van der Waals surface area contributed by atoms with Gasteiger partial charge in [0.1, 0.15) is 9.88 Å². The Kier molecular flexibility index (Phi) is 9.04. The zero-order valence-electron chi connectivity index (χ0n) is 19.5. The van der Waals surface area contributed by atoms with Gasteiger partial charge >= 0.3 is 5.97 Å². The van der Waals surface area contributed by atoms with Crippen molar-refractivity contribution in [2.24, 2.45) is 0 Å². The number of carbonyl (C=O) groups excluding carboxylic acids is 4. The van der Waals surface area contributed by atoms with Crippen LogP contribution in [-0.2, 0) is 14.3 Å². The third-order valence-electron chi connectivity index (χ3n) is 4.68. The van der Waals surface area contributed by atoms with Gasteiger partial charge in [0.2, 0.25) is 11.8 Å². The van der Waals surface area contributed by atoms with Crippen molar-refractivity contribution >= 4 is 63.2 Å². The number of hydrogen-bond donors (Lipinski definition) is 3. The number of thioether (sulfide) groups is 1. The molecule has 3 aromatic rings. The lowest BCUT2D eigenvalue weighted by atomic mass is 10.1. The summed E-state index contributed by atoms with van der Waals surface area (Å²) in [6.07, 6.45) is 0. The summed E-state index contributed by atoms with van der Waals surface area (Å²) < 4.78 is 5.12. The van der Waals surface area contributed by atoms with Gasteiger partial charge in [-0.15, -0.1) is 23.1 Å². The van der Waals surface area contributed by atoms with E-state index in [-0.39, 0.29) is 39.6 Å². The highest BCUT2D eigenvalue weighted by Gasteiger charge is 2.26. The number of esters is 1. The number of para-hydroxylation sites is 2. The van der Waals surface area contributed by atoms with Crippen molar-refractivity contribution in [3.63, 3.8) is 0 Å². The van der Waals surface area contributed by atoms with E-state index in [1.807, 2.05) is 12.1 Å². The van der Waals surface area contributed by atoms with Crippen molar-refractivity contribution in [2.45, 2.75) is 25.7 Å². The molecular weight excluding hydrogens is 486 g/mol. The second-order valence-corrected chi connectivity index (χ2v) is 9.35. The van der Waals surface area contributed by atoms with Crippen LogP contribution in [0.5, 0.6) is 0 Å². The summed E-state index contributed by atoms with van der Waals surface area (Å²) in [6.45, 7) is 4.95. The first-order valence-corrected chi connectivity index (χ1v) is 12.6. The van der Waals surface area contributed by atoms with Crippen molar-refractivity contribution in [3.05, 3.63) is 70.6 Å². The molecule has 0 fully saturated rings. The number of thiophene rings is 1. The summed E-state index contributed by atoms with van der Waals surface area (Å²) in [4.78, 5) is 50.8. The van der Waals surface area contributed by atoms with Crippen LogP contribution >= 0.6 is 23.1 Å². The fourth-order valence-corrected chi connectivity index (χ4v) is 5.10. The minimum Gasteiger partial charge on any atom is -0.462 e. The molecule has 0 radical (unpaired) electrons. The van der Waals surface area contributed by atoms with E-state index < -0.39 is 11.9 Å². The Morgan fingerprint density at radius 2 is 1.63 bits per heavy atom. The van der Waals surface area contributed by atoms with Gasteiger partial charge in [0.05, 0.1) is 23.6 Å². The Morgan fingerprint density at radius 3 is 2.31 bits per heavy atom. The zero-order valence-corrected chi connectivity index (χ0v) is 21.1. The van der Waals surface area contributed by atoms with Gasteiger partial charge in [-0.25, -0.2) is 4.79 Å². The summed E-state index contributed by atoms with van der Waals surface area (Å²) in [5.74, 6) is -1.54. The lowest BCUT2D eigenvalue weighted by Gasteiger charge is -2.10. The first-order chi connectivity index (χ1) is 16.8. The van der Waals surface area contributed by atoms with Crippen molar-refractivity contribution in [1.29, 1.82) is 0 Å². The van der Waals surface area contributed by atoms with Crippen molar-refractivity contribution in [1.82, 2.24) is 0 Å². The first kappa shape index (κ1) is 26.0. The van der Waals surface area contributed by atoms with Gasteiger partial charge in [0, 0.05) is 17.5 Å². The minimum absolute atomic E-state index is 0.0298. The van der Waals surface area contributed by atoms with Crippen LogP contribution < -0.4 is 16.0 Å². The van der Waals surface area contributed by atoms with Gasteiger partial charge in [0.25, 0.3) is 5.91 Å². The van der Waals surface area contributed by atoms with Gasteiger partial charge in [-0.1, -0.05) is 30.3 Å². The van der Waals surface area contributed by atoms with Crippen molar-refractivity contribution < 1.29 is 23.9 Å². The maximum Gasteiger partial charge on any atom is 0.348 e. The molecule has 10 heteroatoms. The Hall–Kier alpha value is -3.63. The lowest BCUT2D eigenvalue weighted by Crippen LogP contribution is -2.18. The van der Waals surface area contributed by atoms with Crippen LogP contribution in [-0.4, -0.2) is 36.1 Å². The van der Waals surface area contributed by atoms with Gasteiger partial charge < -0.3 is 20.7 Å². The van der Waals surface area contributed by atoms with Crippen LogP contribution in [0.15, 0.2) is 59.5 Å². The van der Waals surface area contributed by atoms with Crippen LogP contribution in [0.1, 0.15) is 39.4 Å². The maximum atomic E-state index is 13.1. The Bertz CT molecular complexity index is 1240. The molecule has 182 valence electrons. The molecule has 0 aliphatic rings. The van der Waals surface area contributed by atoms with E-state index in [4.69, 9.17) is 4.74 Å². The fourth-order valence-electron chi connectivity index (χ4n) is 3.17. The quantitative estimate of drug-likeness (QED) is 0.270. The van der Waals surface area contributed by atoms with Crippen LogP contribution in [0.25, 0.3) is 0 Å². The van der Waals surface area contributed by atoms with E-state index in [0.29, 0.717) is 16.9 Å². The second kappa shape index (κ2) is 12.2. The fraction of sp³-hybridized carbons (Fsp3) is 0.200. The van der Waals surface area contributed by atoms with Crippen LogP contribution in [0.3, 0.4) is 0 Å². The van der Waals surface area contributed by atoms with E-state index in [1.165, 1.54) is 18.7 Å². The molecule has 1 aromatic heterocycles. The Morgan fingerprint density at radius 1 is 0.943 bits per heavy atom. The van der Waals surface area contributed by atoms with Crippen molar-refractivity contribution in [2.75, 3.05) is 28.3 Å². The minimum atomic E-state index is -0.553. The van der Waals surface area contributed by atoms with Crippen molar-refractivity contribution in [3.8, 4) is 0 Å². The van der Waals surface area contributed by atoms with Gasteiger partial charge in [-0.05, 0) is 43.7 Å². The smallest absolute Gasteiger partial charge is 0.348 e. The van der Waals surface area contributed by atoms with E-state index in [2.05, 4.69) is 16.0 Å². The molecule has 0 saturated heterocycles. The normalized spacial score (nSPS) is 10.4. The predicted octanol–water partition coefficient (Wildman–Crippen LogP) is 5.17. The Balaban J connectivity index is 1.81. The molecule has 0 atom stereocenters. The van der Waals surface area contributed by atoms with E-state index in [9.17, 15) is 19.2 Å². The molecule has 0 saturated carbocycles. The number of ether oxygens (including phenoxy) is 1. The largest absolute Gasteiger partial charge is 0.462 e. The van der Waals surface area contributed by atoms with Gasteiger partial charge in [-0.3, -0.25) is 14.4 Å². The SMILES string of the molecule is CCOC(=O)c1sc(NC(=O)CSc2ccccc2NC(C)=O)c(C(=O)Nc2ccccc2)c1C. The maximum absolute atomic E-state index is 13.1. The Labute approximate surface area is 211 Å². The average molecular weight is 512 g/mol. The first-order valence-electron chi connectivity index (χ1n) is 10.8. The third-order valence-corrected chi connectivity index (χ3v) is 6.94. The van der Waals surface area contributed by atoms with Gasteiger partial charge in [0.15, 0.2) is 0 Å². The molecule has 0 spiro atoms. The monoisotopic (exact) mass is 511 g/mol. The second-order valence-electron chi connectivity index (χ2n) is 7.32. The molecule has 35 heavy (non-hydrogen) atoms. The van der Waals surface area contributed by atoms with E-state index in [1.54, 1.807) is 56.3 Å². The highest BCUT2D eigenvalue weighted by Crippen LogP contribution is 2.35. The molecule has 3 rings (SSSR count). The topological polar surface area (TPSA) is 114 Å². The highest BCUT2D eigenvalue weighted by molar-refractivity contribution is 8.00. The number of rotatable bonds is 9. The molecule has 0 bridgehead atoms. The molecule has 0 unspecified atom stereocenters. The number of amides is 3. The summed E-state index contributed by atoms with van der Waals surface area (Å²) >= 11 is 2.25. The number of hydrogen-bond acceptors (Lipinski definition) is 7. The van der Waals surface area contributed by atoms with Gasteiger partial charge in [-0.2, -0.15) is 0 Å². The summed E-state index contributed by atoms with van der Waals surface area (Å²) in [5.41, 5.74) is 1.83. The summed E-state index contributed by atoms with van der Waals surface area (Å²) in [5, 5.41) is 8.57. The van der Waals surface area contributed by atoms with E-state index in [0.717, 1.165) is 16.2 Å². The van der Waals surface area contributed by atoms with Crippen LogP contribution in [0.2, 0.25) is 0 Å². The molecular formula is C25H25N3O5S2. The van der Waals surface area contributed by atoms with Crippen LogP contribution in [0, 0.1) is 6.92 Å². The average Bonchev–Trinajstić information content (AvgIpc) is 3.14. The molecule has 0 aliphatic carbocycles. The number of anilines is 3. The standard InChI is InChI=1S/C25H25N3O5S2/c1-4-33-25(32)22-15(2)21(23(31)27-17-10-6-5-7-11-17)24(35-22)28-20(30)14-34-19-13-9-8-12-18(19)26-16(3)29/h5-13H,4,14H2,1-3H3,(H,26,29)(H,27,31)(H,28,30). The predicted molar refractivity (Wildman–Crippen MR) is 140 cm³/mol. The number of nitrogens with one attached hydrogen (secondary N) is 3. The molecule has 0 aliphatic heterocycles. The molecule has 1 heterocycles. The third kappa shape index (κ3) is 6.93. The molecule has 3 N–H and O–H groups in total. The molecule has 8 nitrogen and oxygen atoms in total. The molecule has 3 amide bonds.